The number of anilines is 1. The smallest absolute Gasteiger partial charge is 0.321 e. The van der Waals surface area contributed by atoms with Gasteiger partial charge in [-0.1, -0.05) is 27.2 Å². The molecule has 0 aliphatic heterocycles. The number of rotatable bonds is 4. The summed E-state index contributed by atoms with van der Waals surface area (Å²) in [5, 5.41) is 7.11. The minimum Gasteiger partial charge on any atom is -0.333 e. The van der Waals surface area contributed by atoms with Crippen LogP contribution in [0.3, 0.4) is 0 Å². The number of halogens is 1. The number of nitrogens with one attached hydrogen (secondary N) is 1. The van der Waals surface area contributed by atoms with Gasteiger partial charge in [0.25, 0.3) is 0 Å². The van der Waals surface area contributed by atoms with E-state index in [0.29, 0.717) is 17.6 Å². The molecule has 0 fully saturated rings. The zero-order valence-electron chi connectivity index (χ0n) is 11.1. The molecule has 0 radical (unpaired) electrons. The summed E-state index contributed by atoms with van der Waals surface area (Å²) in [6.45, 7) is 6.15. The molecule has 4 nitrogen and oxygen atoms in total. The first kappa shape index (κ1) is 14.4. The number of benzene rings is 1. The van der Waals surface area contributed by atoms with Crippen molar-refractivity contribution in [2.75, 3.05) is 5.32 Å². The summed E-state index contributed by atoms with van der Waals surface area (Å²) in [5.41, 5.74) is -0.0821. The Morgan fingerprint density at radius 3 is 2.84 bits per heavy atom. The van der Waals surface area contributed by atoms with Crippen molar-refractivity contribution in [2.45, 2.75) is 37.0 Å². The van der Waals surface area contributed by atoms with Gasteiger partial charge in [0, 0.05) is 14.9 Å². The van der Waals surface area contributed by atoms with Crippen molar-refractivity contribution in [3.05, 3.63) is 34.6 Å². The van der Waals surface area contributed by atoms with Crippen LogP contribution in [0.4, 0.5) is 6.01 Å². The highest BCUT2D eigenvalue weighted by Crippen LogP contribution is 2.25. The van der Waals surface area contributed by atoms with Gasteiger partial charge in [-0.2, -0.15) is 4.98 Å². The van der Waals surface area contributed by atoms with Crippen LogP contribution in [0.1, 0.15) is 26.6 Å². The molecule has 1 aromatic carbocycles. The summed E-state index contributed by atoms with van der Waals surface area (Å²) in [6, 6.07) is 8.61. The normalized spacial score (nSPS) is 11.6. The van der Waals surface area contributed by atoms with E-state index in [1.165, 1.54) is 4.90 Å². The second kappa shape index (κ2) is 5.96. The van der Waals surface area contributed by atoms with Crippen LogP contribution < -0.4 is 5.32 Å². The highest BCUT2D eigenvalue weighted by atomic mass is 79.9. The number of hydrogen-bond acceptors (Lipinski definition) is 5. The summed E-state index contributed by atoms with van der Waals surface area (Å²) >= 11 is 5.13. The molecule has 0 amide bonds. The molecule has 1 N–H and O–H groups in total. The van der Waals surface area contributed by atoms with Gasteiger partial charge in [0.2, 0.25) is 0 Å². The first-order valence-corrected chi connectivity index (χ1v) is 7.69. The van der Waals surface area contributed by atoms with Crippen LogP contribution in [-0.4, -0.2) is 15.7 Å². The lowest BCUT2D eigenvalue weighted by atomic mass is 10.1. The van der Waals surface area contributed by atoms with E-state index in [9.17, 15) is 0 Å². The van der Waals surface area contributed by atoms with Crippen molar-refractivity contribution < 1.29 is 4.52 Å². The van der Waals surface area contributed by atoms with Crippen molar-refractivity contribution in [1.29, 1.82) is 0 Å². The molecule has 0 aliphatic carbocycles. The lowest BCUT2D eigenvalue weighted by Crippen LogP contribution is -2.26. The van der Waals surface area contributed by atoms with Gasteiger partial charge in [-0.15, -0.1) is 11.8 Å². The fourth-order valence-corrected chi connectivity index (χ4v) is 2.74. The SMILES string of the molecule is CC(C)(C)Nc1nc(CSc2cccc(Br)c2)no1. The van der Waals surface area contributed by atoms with Crippen LogP contribution >= 0.6 is 27.7 Å². The predicted octanol–water partition coefficient (Wildman–Crippen LogP) is 4.33. The summed E-state index contributed by atoms with van der Waals surface area (Å²) in [6.07, 6.45) is 0. The number of thioether (sulfide) groups is 1. The lowest BCUT2D eigenvalue weighted by molar-refractivity contribution is 0.414. The maximum absolute atomic E-state index is 5.16. The molecule has 0 bridgehead atoms. The maximum atomic E-state index is 5.16. The Bertz CT molecular complexity index is 551. The number of hydrogen-bond donors (Lipinski definition) is 1. The summed E-state index contributed by atoms with van der Waals surface area (Å²) < 4.78 is 6.23. The van der Waals surface area contributed by atoms with Gasteiger partial charge in [-0.25, -0.2) is 0 Å². The van der Waals surface area contributed by atoms with Crippen LogP contribution in [0.2, 0.25) is 0 Å². The third-order valence-electron chi connectivity index (χ3n) is 2.11. The molecule has 0 atom stereocenters. The molecule has 6 heteroatoms. The van der Waals surface area contributed by atoms with Crippen molar-refractivity contribution in [2.24, 2.45) is 0 Å². The van der Waals surface area contributed by atoms with Crippen molar-refractivity contribution in [3.8, 4) is 0 Å². The second-order valence-corrected chi connectivity index (χ2v) is 7.10. The summed E-state index contributed by atoms with van der Waals surface area (Å²) in [4.78, 5) is 5.48. The molecule has 0 unspecified atom stereocenters. The fraction of sp³-hybridized carbons (Fsp3) is 0.385. The van der Waals surface area contributed by atoms with Crippen molar-refractivity contribution in [1.82, 2.24) is 10.1 Å². The molecule has 0 aliphatic rings. The molecule has 2 rings (SSSR count). The van der Waals surface area contributed by atoms with Crippen LogP contribution in [0.15, 0.2) is 38.2 Å². The van der Waals surface area contributed by atoms with Crippen LogP contribution in [0.25, 0.3) is 0 Å². The molecule has 102 valence electrons. The molecule has 2 aromatic rings. The third kappa shape index (κ3) is 4.87. The van der Waals surface area contributed by atoms with Crippen molar-refractivity contribution >= 4 is 33.7 Å². The van der Waals surface area contributed by atoms with E-state index in [-0.39, 0.29) is 5.54 Å². The van der Waals surface area contributed by atoms with Gasteiger partial charge in [0.1, 0.15) is 0 Å². The Kier molecular flexibility index (Phi) is 4.52. The Morgan fingerprint density at radius 2 is 2.16 bits per heavy atom. The average molecular weight is 342 g/mol. The van der Waals surface area contributed by atoms with Crippen molar-refractivity contribution in [3.63, 3.8) is 0 Å². The average Bonchev–Trinajstić information content (AvgIpc) is 2.72. The Balaban J connectivity index is 1.93. The number of aromatic nitrogens is 2. The first-order valence-electron chi connectivity index (χ1n) is 5.91. The van der Waals surface area contributed by atoms with E-state index < -0.39 is 0 Å². The molecule has 0 saturated heterocycles. The Labute approximate surface area is 125 Å². The third-order valence-corrected chi connectivity index (χ3v) is 3.60. The van der Waals surface area contributed by atoms with Gasteiger partial charge in [-0.05, 0) is 39.0 Å². The van der Waals surface area contributed by atoms with Gasteiger partial charge in [0.05, 0.1) is 5.75 Å². The van der Waals surface area contributed by atoms with Gasteiger partial charge < -0.3 is 9.84 Å². The fourth-order valence-electron chi connectivity index (χ4n) is 1.39. The quantitative estimate of drug-likeness (QED) is 0.838. The zero-order chi connectivity index (χ0) is 13.9. The lowest BCUT2D eigenvalue weighted by Gasteiger charge is -2.17. The maximum Gasteiger partial charge on any atom is 0.321 e. The largest absolute Gasteiger partial charge is 0.333 e. The van der Waals surface area contributed by atoms with E-state index in [1.54, 1.807) is 11.8 Å². The predicted molar refractivity (Wildman–Crippen MR) is 81.4 cm³/mol. The number of nitrogens with zero attached hydrogens (tertiary/aromatic N) is 2. The Morgan fingerprint density at radius 1 is 1.37 bits per heavy atom. The van der Waals surface area contributed by atoms with E-state index in [2.05, 4.69) is 43.5 Å². The minimum atomic E-state index is -0.0821. The topological polar surface area (TPSA) is 51.0 Å². The molecule has 0 spiro atoms. The summed E-state index contributed by atoms with van der Waals surface area (Å²) in [7, 11) is 0. The molecule has 1 aromatic heterocycles. The monoisotopic (exact) mass is 341 g/mol. The van der Waals surface area contributed by atoms with Crippen LogP contribution in [-0.2, 0) is 5.75 Å². The van der Waals surface area contributed by atoms with E-state index >= 15 is 0 Å². The van der Waals surface area contributed by atoms with Gasteiger partial charge in [-0.3, -0.25) is 0 Å². The summed E-state index contributed by atoms with van der Waals surface area (Å²) in [5.74, 6) is 1.38. The minimum absolute atomic E-state index is 0.0821. The van der Waals surface area contributed by atoms with E-state index in [0.717, 1.165) is 4.47 Å². The van der Waals surface area contributed by atoms with Gasteiger partial charge in [0.15, 0.2) is 5.82 Å². The molecule has 19 heavy (non-hydrogen) atoms. The molecular formula is C13H16BrN3OS. The highest BCUT2D eigenvalue weighted by molar-refractivity contribution is 9.10. The Hall–Kier alpha value is -1.01. The van der Waals surface area contributed by atoms with E-state index in [4.69, 9.17) is 4.52 Å². The van der Waals surface area contributed by atoms with Gasteiger partial charge >= 0.3 is 6.01 Å². The molecule has 0 saturated carbocycles. The highest BCUT2D eigenvalue weighted by Gasteiger charge is 2.14. The molecule has 1 heterocycles. The van der Waals surface area contributed by atoms with Crippen LogP contribution in [0, 0.1) is 0 Å². The zero-order valence-corrected chi connectivity index (χ0v) is 13.5. The first-order chi connectivity index (χ1) is 8.92. The van der Waals surface area contributed by atoms with E-state index in [1.807, 2.05) is 32.9 Å². The molecular weight excluding hydrogens is 326 g/mol. The second-order valence-electron chi connectivity index (χ2n) is 5.14. The standard InChI is InChI=1S/C13H16BrN3OS/c1-13(2,3)16-12-15-11(17-18-12)8-19-10-6-4-5-9(14)7-10/h4-7H,8H2,1-3H3,(H,15,16,17). The van der Waals surface area contributed by atoms with Crippen LogP contribution in [0.5, 0.6) is 0 Å².